The Morgan fingerprint density at radius 2 is 1.33 bits per heavy atom. The van der Waals surface area contributed by atoms with Crippen LogP contribution in [0.3, 0.4) is 0 Å². The second-order valence-electron chi connectivity index (χ2n) is 5.79. The number of anilines is 1. The lowest BCUT2D eigenvalue weighted by molar-refractivity contribution is -0.143. The number of benzene rings is 1. The molecule has 0 amide bonds. The van der Waals surface area contributed by atoms with Gasteiger partial charge in [-0.1, -0.05) is 0 Å². The van der Waals surface area contributed by atoms with Gasteiger partial charge in [0.1, 0.15) is 0 Å². The van der Waals surface area contributed by atoms with Crippen LogP contribution in [0.15, 0.2) is 23.2 Å². The van der Waals surface area contributed by atoms with E-state index in [1.807, 2.05) is 0 Å². The van der Waals surface area contributed by atoms with Gasteiger partial charge in [-0.25, -0.2) is 0 Å². The number of hydrogen-bond acceptors (Lipinski definition) is 1. The van der Waals surface area contributed by atoms with Crippen molar-refractivity contribution in [2.45, 2.75) is 52.1 Å². The molecule has 1 aromatic rings. The van der Waals surface area contributed by atoms with Crippen molar-refractivity contribution in [1.82, 2.24) is 5.32 Å². The SMILES string of the molecule is CC(C)N=C(Nc1cc(C(F)(F)F)cc(C(F)(F)F)c1)NC(C)C. The number of hydrogen-bond donors (Lipinski definition) is 2. The van der Waals surface area contributed by atoms with Gasteiger partial charge in [0.2, 0.25) is 0 Å². The number of nitrogens with one attached hydrogen (secondary N) is 2. The molecule has 0 radical (unpaired) electrons. The van der Waals surface area contributed by atoms with Gasteiger partial charge in [-0.15, -0.1) is 0 Å². The highest BCUT2D eigenvalue weighted by molar-refractivity contribution is 5.94. The third-order valence-electron chi connectivity index (χ3n) is 2.66. The van der Waals surface area contributed by atoms with Crippen LogP contribution in [0, 0.1) is 0 Å². The van der Waals surface area contributed by atoms with Gasteiger partial charge in [-0.2, -0.15) is 26.3 Å². The molecule has 0 aliphatic heterocycles. The van der Waals surface area contributed by atoms with E-state index < -0.39 is 23.5 Å². The Bertz CT molecular complexity index is 556. The summed E-state index contributed by atoms with van der Waals surface area (Å²) in [6.07, 6.45) is -9.78. The van der Waals surface area contributed by atoms with Gasteiger partial charge in [-0.3, -0.25) is 4.99 Å². The molecule has 0 heterocycles. The van der Waals surface area contributed by atoms with Gasteiger partial charge in [0.25, 0.3) is 0 Å². The minimum Gasteiger partial charge on any atom is -0.354 e. The first kappa shape index (κ1) is 20.1. The average Bonchev–Trinajstić information content (AvgIpc) is 2.34. The fraction of sp³-hybridized carbons (Fsp3) is 0.533. The Balaban J connectivity index is 3.30. The third kappa shape index (κ3) is 6.29. The van der Waals surface area contributed by atoms with Crippen LogP contribution in [0.2, 0.25) is 0 Å². The molecule has 1 aromatic carbocycles. The zero-order chi connectivity index (χ0) is 18.7. The van der Waals surface area contributed by atoms with E-state index in [0.29, 0.717) is 12.1 Å². The summed E-state index contributed by atoms with van der Waals surface area (Å²) in [4.78, 5) is 4.13. The highest BCUT2D eigenvalue weighted by Gasteiger charge is 2.37. The fourth-order valence-corrected chi connectivity index (χ4v) is 1.80. The lowest BCUT2D eigenvalue weighted by atomic mass is 10.1. The van der Waals surface area contributed by atoms with E-state index in [0.717, 1.165) is 0 Å². The molecule has 0 spiro atoms. The summed E-state index contributed by atoms with van der Waals surface area (Å²) in [6, 6.07) is 1.01. The van der Waals surface area contributed by atoms with Crippen LogP contribution >= 0.6 is 0 Å². The van der Waals surface area contributed by atoms with Crippen molar-refractivity contribution in [2.75, 3.05) is 5.32 Å². The van der Waals surface area contributed by atoms with E-state index in [-0.39, 0.29) is 29.8 Å². The van der Waals surface area contributed by atoms with Gasteiger partial charge in [0.15, 0.2) is 5.96 Å². The first-order chi connectivity index (χ1) is 10.8. The van der Waals surface area contributed by atoms with Gasteiger partial charge >= 0.3 is 12.4 Å². The summed E-state index contributed by atoms with van der Waals surface area (Å²) in [5, 5.41) is 5.36. The molecule has 0 aromatic heterocycles. The molecule has 0 aliphatic carbocycles. The summed E-state index contributed by atoms with van der Waals surface area (Å²) in [7, 11) is 0. The molecule has 0 atom stereocenters. The third-order valence-corrected chi connectivity index (χ3v) is 2.66. The molecule has 1 rings (SSSR count). The second-order valence-corrected chi connectivity index (χ2v) is 5.79. The number of rotatable bonds is 3. The maximum absolute atomic E-state index is 12.9. The lowest BCUT2D eigenvalue weighted by Crippen LogP contribution is -2.36. The van der Waals surface area contributed by atoms with E-state index in [4.69, 9.17) is 0 Å². The molecule has 0 saturated carbocycles. The van der Waals surface area contributed by atoms with Crippen LogP contribution in [0.4, 0.5) is 32.0 Å². The molecule has 0 fully saturated rings. The van der Waals surface area contributed by atoms with E-state index in [1.165, 1.54) is 0 Å². The smallest absolute Gasteiger partial charge is 0.354 e. The van der Waals surface area contributed by atoms with Gasteiger partial charge in [-0.05, 0) is 45.9 Å². The van der Waals surface area contributed by atoms with Crippen molar-refractivity contribution < 1.29 is 26.3 Å². The van der Waals surface area contributed by atoms with Crippen LogP contribution in [0.5, 0.6) is 0 Å². The molecular weight excluding hydrogens is 336 g/mol. The largest absolute Gasteiger partial charge is 0.416 e. The average molecular weight is 355 g/mol. The minimum atomic E-state index is -4.89. The molecule has 24 heavy (non-hydrogen) atoms. The van der Waals surface area contributed by atoms with Crippen molar-refractivity contribution in [3.8, 4) is 0 Å². The predicted octanol–water partition coefficient (Wildman–Crippen LogP) is 4.90. The Hall–Kier alpha value is -1.93. The topological polar surface area (TPSA) is 36.4 Å². The Morgan fingerprint density at radius 3 is 1.67 bits per heavy atom. The zero-order valence-electron chi connectivity index (χ0n) is 13.6. The first-order valence-corrected chi connectivity index (χ1v) is 7.20. The number of alkyl halides is 6. The molecule has 0 saturated heterocycles. The highest BCUT2D eigenvalue weighted by Crippen LogP contribution is 2.37. The monoisotopic (exact) mass is 355 g/mol. The minimum absolute atomic E-state index is 0.0836. The van der Waals surface area contributed by atoms with Crippen molar-refractivity contribution in [3.05, 3.63) is 29.3 Å². The van der Waals surface area contributed by atoms with E-state index >= 15 is 0 Å². The van der Waals surface area contributed by atoms with Crippen molar-refractivity contribution >= 4 is 11.6 Å². The summed E-state index contributed by atoms with van der Waals surface area (Å²) >= 11 is 0. The van der Waals surface area contributed by atoms with E-state index in [9.17, 15) is 26.3 Å². The maximum atomic E-state index is 12.9. The van der Waals surface area contributed by atoms with Crippen molar-refractivity contribution in [2.24, 2.45) is 4.99 Å². The lowest BCUT2D eigenvalue weighted by Gasteiger charge is -2.19. The van der Waals surface area contributed by atoms with Crippen LogP contribution < -0.4 is 10.6 Å². The normalized spacial score (nSPS) is 13.6. The van der Waals surface area contributed by atoms with E-state index in [2.05, 4.69) is 15.6 Å². The van der Waals surface area contributed by atoms with Crippen LogP contribution in [0.25, 0.3) is 0 Å². The molecule has 3 nitrogen and oxygen atoms in total. The molecule has 0 aliphatic rings. The Morgan fingerprint density at radius 1 is 0.875 bits per heavy atom. The van der Waals surface area contributed by atoms with E-state index in [1.54, 1.807) is 27.7 Å². The Kier molecular flexibility index (Phi) is 6.13. The Labute approximate surface area is 136 Å². The number of aliphatic imine (C=N–C) groups is 1. The van der Waals surface area contributed by atoms with Crippen LogP contribution in [0.1, 0.15) is 38.8 Å². The quantitative estimate of drug-likeness (QED) is 0.460. The molecular formula is C15H19F6N3. The molecule has 0 bridgehead atoms. The fourth-order valence-electron chi connectivity index (χ4n) is 1.80. The molecule has 0 unspecified atom stereocenters. The van der Waals surface area contributed by atoms with Crippen molar-refractivity contribution in [1.29, 1.82) is 0 Å². The van der Waals surface area contributed by atoms with Crippen LogP contribution in [-0.2, 0) is 12.4 Å². The van der Waals surface area contributed by atoms with Gasteiger partial charge in [0.05, 0.1) is 11.1 Å². The summed E-state index contributed by atoms with van der Waals surface area (Å²) < 4.78 is 77.1. The zero-order valence-corrected chi connectivity index (χ0v) is 13.6. The molecule has 136 valence electrons. The van der Waals surface area contributed by atoms with Crippen molar-refractivity contribution in [3.63, 3.8) is 0 Å². The highest BCUT2D eigenvalue weighted by atomic mass is 19.4. The van der Waals surface area contributed by atoms with Gasteiger partial charge < -0.3 is 10.6 Å². The summed E-state index contributed by atoms with van der Waals surface area (Å²) in [6.45, 7) is 7.00. The molecule has 2 N–H and O–H groups in total. The second kappa shape index (κ2) is 7.31. The van der Waals surface area contributed by atoms with Gasteiger partial charge in [0, 0.05) is 17.8 Å². The predicted molar refractivity (Wildman–Crippen MR) is 80.9 cm³/mol. The standard InChI is InChI=1S/C15H19F6N3/c1-8(2)22-13(23-9(3)4)24-12-6-10(14(16,17)18)5-11(7-12)15(19,20)21/h5-9H,1-4H3,(H2,22,23,24). The number of guanidine groups is 1. The summed E-state index contributed by atoms with van der Waals surface area (Å²) in [5.41, 5.74) is -3.11. The molecule has 9 heteroatoms. The first-order valence-electron chi connectivity index (χ1n) is 7.20. The number of halogens is 6. The maximum Gasteiger partial charge on any atom is 0.416 e. The van der Waals surface area contributed by atoms with Crippen LogP contribution in [-0.4, -0.2) is 18.0 Å². The number of nitrogens with zero attached hydrogens (tertiary/aromatic N) is 1. The summed E-state index contributed by atoms with van der Waals surface area (Å²) in [5.74, 6) is 0.104.